The smallest absolute Gasteiger partial charge is 0.123 e. The molecule has 0 fully saturated rings. The molecule has 0 saturated carbocycles. The van der Waals surface area contributed by atoms with Crippen molar-refractivity contribution in [1.82, 2.24) is 9.97 Å². The van der Waals surface area contributed by atoms with Crippen molar-refractivity contribution < 1.29 is 4.39 Å². The molecule has 0 aliphatic carbocycles. The maximum absolute atomic E-state index is 14.1. The molecule has 47 heavy (non-hydrogen) atoms. The Kier molecular flexibility index (Phi) is 6.36. The van der Waals surface area contributed by atoms with E-state index in [1.54, 1.807) is 0 Å². The highest BCUT2D eigenvalue weighted by atomic mass is 19.1. The van der Waals surface area contributed by atoms with E-state index in [4.69, 9.17) is 4.98 Å². The molecular weight excluding hydrogens is 575 g/mol. The van der Waals surface area contributed by atoms with E-state index in [0.29, 0.717) is 0 Å². The largest absolute Gasteiger partial charge is 0.254 e. The molecular formula is C44H27FN2. The van der Waals surface area contributed by atoms with E-state index in [0.717, 1.165) is 55.3 Å². The van der Waals surface area contributed by atoms with Crippen LogP contribution >= 0.6 is 0 Å². The molecule has 2 aromatic heterocycles. The number of rotatable bonds is 4. The first kappa shape index (κ1) is 27.1. The molecule has 0 aliphatic heterocycles. The van der Waals surface area contributed by atoms with Gasteiger partial charge in [-0.15, -0.1) is 0 Å². The minimum absolute atomic E-state index is 0.255. The highest BCUT2D eigenvalue weighted by Gasteiger charge is 2.18. The van der Waals surface area contributed by atoms with Gasteiger partial charge in [0.25, 0.3) is 0 Å². The third-order valence-electron chi connectivity index (χ3n) is 9.12. The fraction of sp³-hybridized carbons (Fsp3) is 0. The van der Waals surface area contributed by atoms with E-state index >= 15 is 0 Å². The standard InChI is InChI=1S/C44H27FN2/c45-35-21-18-28(19-22-35)32-25-33(40-23-20-31-17-16-30-11-8-24-46-43(30)44(31)47-40)27-34(26-32)42-38-14-6-4-12-36(38)41(29-9-2-1-3-10-29)37-13-5-7-15-39(37)42/h1-27H. The predicted octanol–water partition coefficient (Wildman–Crippen LogP) is 11.9. The number of hydrogen-bond donors (Lipinski definition) is 0. The molecule has 9 aromatic rings. The summed E-state index contributed by atoms with van der Waals surface area (Å²) in [6.07, 6.45) is 1.82. The Bertz CT molecular complexity index is 2570. The summed E-state index contributed by atoms with van der Waals surface area (Å²) in [6.45, 7) is 0. The van der Waals surface area contributed by atoms with Crippen molar-refractivity contribution in [2.24, 2.45) is 0 Å². The normalized spacial score (nSPS) is 11.5. The Morgan fingerprint density at radius 3 is 1.62 bits per heavy atom. The van der Waals surface area contributed by atoms with Crippen molar-refractivity contribution in [3.05, 3.63) is 170 Å². The van der Waals surface area contributed by atoms with Crippen LogP contribution in [0.4, 0.5) is 4.39 Å². The first-order valence-corrected chi connectivity index (χ1v) is 15.8. The molecule has 9 rings (SSSR count). The summed E-state index contributed by atoms with van der Waals surface area (Å²) in [6, 6.07) is 53.8. The topological polar surface area (TPSA) is 25.8 Å². The first-order chi connectivity index (χ1) is 23.2. The number of benzene rings is 7. The van der Waals surface area contributed by atoms with Gasteiger partial charge in [-0.25, -0.2) is 9.37 Å². The molecule has 0 atom stereocenters. The molecule has 0 aliphatic rings. The van der Waals surface area contributed by atoms with E-state index < -0.39 is 0 Å². The van der Waals surface area contributed by atoms with Crippen LogP contribution in [0, 0.1) is 5.82 Å². The Hall–Kier alpha value is -6.19. The summed E-state index contributed by atoms with van der Waals surface area (Å²) in [5.41, 5.74) is 10.2. The molecule has 0 radical (unpaired) electrons. The van der Waals surface area contributed by atoms with Gasteiger partial charge in [0.2, 0.25) is 0 Å². The molecule has 0 bridgehead atoms. The summed E-state index contributed by atoms with van der Waals surface area (Å²) in [5, 5.41) is 6.85. The van der Waals surface area contributed by atoms with Crippen molar-refractivity contribution >= 4 is 43.4 Å². The van der Waals surface area contributed by atoms with Crippen LogP contribution in [-0.4, -0.2) is 9.97 Å². The third kappa shape index (κ3) is 4.63. The van der Waals surface area contributed by atoms with E-state index in [-0.39, 0.29) is 5.82 Å². The van der Waals surface area contributed by atoms with Gasteiger partial charge in [-0.3, -0.25) is 4.98 Å². The maximum atomic E-state index is 14.1. The summed E-state index contributed by atoms with van der Waals surface area (Å²) >= 11 is 0. The van der Waals surface area contributed by atoms with E-state index in [1.165, 1.54) is 44.8 Å². The summed E-state index contributed by atoms with van der Waals surface area (Å²) in [5.74, 6) is -0.255. The monoisotopic (exact) mass is 602 g/mol. The lowest BCUT2D eigenvalue weighted by atomic mass is 9.84. The lowest BCUT2D eigenvalue weighted by Gasteiger charge is -2.19. The number of nitrogens with zero attached hydrogens (tertiary/aromatic N) is 2. The van der Waals surface area contributed by atoms with Gasteiger partial charge in [-0.05, 0) is 97.4 Å². The second-order valence-electron chi connectivity index (χ2n) is 11.9. The number of pyridine rings is 2. The highest BCUT2D eigenvalue weighted by Crippen LogP contribution is 2.45. The Morgan fingerprint density at radius 1 is 0.383 bits per heavy atom. The molecule has 220 valence electrons. The number of fused-ring (bicyclic) bond motifs is 5. The average Bonchev–Trinajstić information content (AvgIpc) is 3.14. The second-order valence-corrected chi connectivity index (χ2v) is 11.9. The van der Waals surface area contributed by atoms with Crippen LogP contribution in [0.5, 0.6) is 0 Å². The summed E-state index contributed by atoms with van der Waals surface area (Å²) < 4.78 is 14.1. The maximum Gasteiger partial charge on any atom is 0.123 e. The van der Waals surface area contributed by atoms with Gasteiger partial charge < -0.3 is 0 Å². The molecule has 0 saturated heterocycles. The lowest BCUT2D eigenvalue weighted by molar-refractivity contribution is 0.628. The van der Waals surface area contributed by atoms with E-state index in [1.807, 2.05) is 24.4 Å². The minimum Gasteiger partial charge on any atom is -0.254 e. The highest BCUT2D eigenvalue weighted by molar-refractivity contribution is 6.21. The second kappa shape index (κ2) is 11.0. The van der Waals surface area contributed by atoms with Gasteiger partial charge >= 0.3 is 0 Å². The molecule has 2 nitrogen and oxygen atoms in total. The van der Waals surface area contributed by atoms with Gasteiger partial charge in [-0.2, -0.15) is 0 Å². The lowest BCUT2D eigenvalue weighted by Crippen LogP contribution is -1.93. The first-order valence-electron chi connectivity index (χ1n) is 15.8. The van der Waals surface area contributed by atoms with Crippen LogP contribution < -0.4 is 0 Å². The van der Waals surface area contributed by atoms with Crippen LogP contribution in [0.1, 0.15) is 0 Å². The number of hydrogen-bond acceptors (Lipinski definition) is 2. The van der Waals surface area contributed by atoms with Crippen molar-refractivity contribution in [2.45, 2.75) is 0 Å². The van der Waals surface area contributed by atoms with Crippen molar-refractivity contribution in [3.8, 4) is 44.6 Å². The Labute approximate surface area is 271 Å². The van der Waals surface area contributed by atoms with Gasteiger partial charge in [0.05, 0.1) is 16.7 Å². The van der Waals surface area contributed by atoms with Gasteiger partial charge in [-0.1, -0.05) is 115 Å². The van der Waals surface area contributed by atoms with Gasteiger partial charge in [0.15, 0.2) is 0 Å². The SMILES string of the molecule is Fc1ccc(-c2cc(-c3ccc4ccc5cccnc5c4n3)cc(-c3c4ccccc4c(-c4ccccc4)c4ccccc34)c2)cc1. The number of halogens is 1. The summed E-state index contributed by atoms with van der Waals surface area (Å²) in [7, 11) is 0. The van der Waals surface area contributed by atoms with Crippen LogP contribution in [0.25, 0.3) is 88.0 Å². The Morgan fingerprint density at radius 2 is 0.936 bits per heavy atom. The van der Waals surface area contributed by atoms with Crippen molar-refractivity contribution in [3.63, 3.8) is 0 Å². The van der Waals surface area contributed by atoms with Gasteiger partial charge in [0, 0.05) is 22.5 Å². The van der Waals surface area contributed by atoms with E-state index in [2.05, 4.69) is 132 Å². The fourth-order valence-electron chi connectivity index (χ4n) is 6.97. The third-order valence-corrected chi connectivity index (χ3v) is 9.12. The number of aromatic nitrogens is 2. The van der Waals surface area contributed by atoms with Gasteiger partial charge in [0.1, 0.15) is 5.82 Å². The zero-order valence-corrected chi connectivity index (χ0v) is 25.4. The fourth-order valence-corrected chi connectivity index (χ4v) is 6.97. The molecule has 7 aromatic carbocycles. The quantitative estimate of drug-likeness (QED) is 0.148. The van der Waals surface area contributed by atoms with Crippen molar-refractivity contribution in [1.29, 1.82) is 0 Å². The minimum atomic E-state index is -0.255. The van der Waals surface area contributed by atoms with Crippen molar-refractivity contribution in [2.75, 3.05) is 0 Å². The van der Waals surface area contributed by atoms with Crippen LogP contribution in [0.15, 0.2) is 164 Å². The molecule has 2 heterocycles. The zero-order valence-electron chi connectivity index (χ0n) is 25.4. The molecule has 0 N–H and O–H groups in total. The van der Waals surface area contributed by atoms with Crippen LogP contribution in [0.2, 0.25) is 0 Å². The average molecular weight is 603 g/mol. The van der Waals surface area contributed by atoms with Crippen LogP contribution in [-0.2, 0) is 0 Å². The summed E-state index contributed by atoms with van der Waals surface area (Å²) in [4.78, 5) is 9.90. The molecule has 3 heteroatoms. The van der Waals surface area contributed by atoms with E-state index in [9.17, 15) is 4.39 Å². The molecule has 0 spiro atoms. The molecule has 0 amide bonds. The Balaban J connectivity index is 1.36. The zero-order chi connectivity index (χ0) is 31.3. The molecule has 0 unspecified atom stereocenters. The van der Waals surface area contributed by atoms with Crippen LogP contribution in [0.3, 0.4) is 0 Å². The predicted molar refractivity (Wildman–Crippen MR) is 194 cm³/mol.